The predicted octanol–water partition coefficient (Wildman–Crippen LogP) is 3.95. The molecule has 2 aliphatic rings. The summed E-state index contributed by atoms with van der Waals surface area (Å²) in [5.41, 5.74) is 4.29. The van der Waals surface area contributed by atoms with Crippen LogP contribution in [0.5, 0.6) is 0 Å². The van der Waals surface area contributed by atoms with E-state index in [2.05, 4.69) is 48.2 Å². The standard InChI is InChI=1S/C26H31N3O3/c1-3-32-26(31)22-13-15-28(16-14-22)18-25(30)29-24(21-7-5-4-6-8-21)17-23(27-29)20-11-9-19(2)10-12-20/h4-12,22,24H,3,13-18H2,1-2H3. The molecule has 0 N–H and O–H groups in total. The number of hydrogen-bond donors (Lipinski definition) is 0. The molecule has 0 radical (unpaired) electrons. The van der Waals surface area contributed by atoms with Gasteiger partial charge < -0.3 is 4.74 Å². The van der Waals surface area contributed by atoms with E-state index < -0.39 is 0 Å². The number of nitrogens with zero attached hydrogens (tertiary/aromatic N) is 3. The fourth-order valence-electron chi connectivity index (χ4n) is 4.45. The Balaban J connectivity index is 1.46. The molecule has 4 rings (SSSR count). The van der Waals surface area contributed by atoms with Gasteiger partial charge in [0.2, 0.25) is 0 Å². The summed E-state index contributed by atoms with van der Waals surface area (Å²) in [5.74, 6) is -0.179. The molecule has 32 heavy (non-hydrogen) atoms. The van der Waals surface area contributed by atoms with E-state index in [9.17, 15) is 9.59 Å². The van der Waals surface area contributed by atoms with E-state index in [-0.39, 0.29) is 23.8 Å². The van der Waals surface area contributed by atoms with Gasteiger partial charge in [0, 0.05) is 6.42 Å². The average molecular weight is 434 g/mol. The van der Waals surface area contributed by atoms with E-state index in [1.165, 1.54) is 5.56 Å². The Morgan fingerprint density at radius 3 is 2.38 bits per heavy atom. The minimum Gasteiger partial charge on any atom is -0.466 e. The van der Waals surface area contributed by atoms with Crippen molar-refractivity contribution < 1.29 is 14.3 Å². The third-order valence-electron chi connectivity index (χ3n) is 6.30. The Kier molecular flexibility index (Phi) is 7.00. The molecular weight excluding hydrogens is 402 g/mol. The summed E-state index contributed by atoms with van der Waals surface area (Å²) >= 11 is 0. The van der Waals surface area contributed by atoms with Gasteiger partial charge in [0.05, 0.1) is 30.8 Å². The molecule has 2 heterocycles. The Morgan fingerprint density at radius 2 is 1.72 bits per heavy atom. The smallest absolute Gasteiger partial charge is 0.309 e. The zero-order valence-electron chi connectivity index (χ0n) is 18.9. The number of likely N-dealkylation sites (tertiary alicyclic amines) is 1. The lowest BCUT2D eigenvalue weighted by Gasteiger charge is -2.31. The van der Waals surface area contributed by atoms with Crippen molar-refractivity contribution >= 4 is 17.6 Å². The van der Waals surface area contributed by atoms with E-state index in [0.717, 1.165) is 29.7 Å². The van der Waals surface area contributed by atoms with Gasteiger partial charge in [0.1, 0.15) is 0 Å². The fraction of sp³-hybridized carbons (Fsp3) is 0.423. The molecule has 1 amide bonds. The van der Waals surface area contributed by atoms with Crippen molar-refractivity contribution in [1.29, 1.82) is 0 Å². The Labute approximate surface area is 189 Å². The first-order valence-electron chi connectivity index (χ1n) is 11.5. The van der Waals surface area contributed by atoms with Crippen molar-refractivity contribution in [2.75, 3.05) is 26.2 Å². The van der Waals surface area contributed by atoms with Crippen molar-refractivity contribution in [2.45, 2.75) is 39.2 Å². The lowest BCUT2D eigenvalue weighted by Crippen LogP contribution is -2.43. The minimum atomic E-state index is -0.116. The number of hydrazone groups is 1. The van der Waals surface area contributed by atoms with Crippen LogP contribution in [0.3, 0.4) is 0 Å². The molecule has 6 nitrogen and oxygen atoms in total. The second-order valence-corrected chi connectivity index (χ2v) is 8.58. The molecule has 6 heteroatoms. The van der Waals surface area contributed by atoms with Crippen LogP contribution in [0.4, 0.5) is 0 Å². The number of aryl methyl sites for hydroxylation is 1. The molecule has 2 aromatic rings. The summed E-state index contributed by atoms with van der Waals surface area (Å²) in [5, 5.41) is 6.45. The summed E-state index contributed by atoms with van der Waals surface area (Å²) in [4.78, 5) is 27.5. The van der Waals surface area contributed by atoms with E-state index >= 15 is 0 Å². The lowest BCUT2D eigenvalue weighted by molar-refractivity contribution is -0.149. The molecule has 0 aliphatic carbocycles. The number of esters is 1. The number of ether oxygens (including phenoxy) is 1. The van der Waals surface area contributed by atoms with Gasteiger partial charge in [-0.15, -0.1) is 0 Å². The maximum Gasteiger partial charge on any atom is 0.309 e. The highest BCUT2D eigenvalue weighted by Crippen LogP contribution is 2.33. The van der Waals surface area contributed by atoms with Crippen molar-refractivity contribution in [3.8, 4) is 0 Å². The van der Waals surface area contributed by atoms with Crippen molar-refractivity contribution in [2.24, 2.45) is 11.0 Å². The average Bonchev–Trinajstić information content (AvgIpc) is 3.26. The number of rotatable bonds is 6. The number of benzene rings is 2. The molecule has 1 atom stereocenters. The van der Waals surface area contributed by atoms with Crippen LogP contribution in [0, 0.1) is 12.8 Å². The van der Waals surface area contributed by atoms with E-state index in [0.29, 0.717) is 32.7 Å². The number of carbonyl (C=O) groups excluding carboxylic acids is 2. The van der Waals surface area contributed by atoms with E-state index in [4.69, 9.17) is 9.84 Å². The zero-order chi connectivity index (χ0) is 22.5. The molecule has 2 aliphatic heterocycles. The number of piperidine rings is 1. The van der Waals surface area contributed by atoms with Gasteiger partial charge in [-0.05, 0) is 50.9 Å². The van der Waals surface area contributed by atoms with E-state index in [1.807, 2.05) is 25.1 Å². The topological polar surface area (TPSA) is 62.2 Å². The molecule has 1 unspecified atom stereocenters. The predicted molar refractivity (Wildman–Crippen MR) is 124 cm³/mol. The van der Waals surface area contributed by atoms with Gasteiger partial charge >= 0.3 is 5.97 Å². The highest BCUT2D eigenvalue weighted by Gasteiger charge is 2.34. The van der Waals surface area contributed by atoms with Crippen molar-refractivity contribution in [1.82, 2.24) is 9.91 Å². The van der Waals surface area contributed by atoms with Gasteiger partial charge in [-0.25, -0.2) is 5.01 Å². The Morgan fingerprint density at radius 1 is 1.03 bits per heavy atom. The monoisotopic (exact) mass is 433 g/mol. The van der Waals surface area contributed by atoms with Crippen LogP contribution in [-0.2, 0) is 14.3 Å². The van der Waals surface area contributed by atoms with Gasteiger partial charge in [0.15, 0.2) is 0 Å². The van der Waals surface area contributed by atoms with Crippen molar-refractivity contribution in [3.63, 3.8) is 0 Å². The van der Waals surface area contributed by atoms with Crippen LogP contribution in [-0.4, -0.2) is 53.7 Å². The Bertz CT molecular complexity index is 964. The van der Waals surface area contributed by atoms with Gasteiger partial charge in [0.25, 0.3) is 5.91 Å². The highest BCUT2D eigenvalue weighted by atomic mass is 16.5. The Hall–Kier alpha value is -2.99. The summed E-state index contributed by atoms with van der Waals surface area (Å²) in [6.45, 7) is 6.05. The third kappa shape index (κ3) is 5.07. The second kappa shape index (κ2) is 10.1. The van der Waals surface area contributed by atoms with Crippen molar-refractivity contribution in [3.05, 3.63) is 71.3 Å². The first kappa shape index (κ1) is 22.2. The second-order valence-electron chi connectivity index (χ2n) is 8.58. The summed E-state index contributed by atoms with van der Waals surface area (Å²) in [6, 6.07) is 18.3. The van der Waals surface area contributed by atoms with Crippen LogP contribution in [0.2, 0.25) is 0 Å². The van der Waals surface area contributed by atoms with Gasteiger partial charge in [-0.1, -0.05) is 60.2 Å². The van der Waals surface area contributed by atoms with Crippen LogP contribution in [0.1, 0.15) is 48.9 Å². The molecule has 168 valence electrons. The zero-order valence-corrected chi connectivity index (χ0v) is 18.9. The van der Waals surface area contributed by atoms with Crippen LogP contribution in [0.25, 0.3) is 0 Å². The first-order chi connectivity index (χ1) is 15.5. The highest BCUT2D eigenvalue weighted by molar-refractivity contribution is 6.03. The van der Waals surface area contributed by atoms with E-state index in [1.54, 1.807) is 5.01 Å². The maximum atomic E-state index is 13.3. The van der Waals surface area contributed by atoms with Gasteiger partial charge in [-0.2, -0.15) is 5.10 Å². The van der Waals surface area contributed by atoms with Crippen LogP contribution >= 0.6 is 0 Å². The van der Waals surface area contributed by atoms with Crippen LogP contribution in [0.15, 0.2) is 59.7 Å². The minimum absolute atomic E-state index is 0.00412. The summed E-state index contributed by atoms with van der Waals surface area (Å²) in [7, 11) is 0. The molecule has 0 spiro atoms. The number of carbonyl (C=O) groups is 2. The third-order valence-corrected chi connectivity index (χ3v) is 6.30. The molecule has 0 aromatic heterocycles. The molecule has 2 aromatic carbocycles. The molecule has 0 bridgehead atoms. The van der Waals surface area contributed by atoms with Crippen LogP contribution < -0.4 is 0 Å². The summed E-state index contributed by atoms with van der Waals surface area (Å²) in [6.07, 6.45) is 2.15. The SMILES string of the molecule is CCOC(=O)C1CCN(CC(=O)N2N=C(c3ccc(C)cc3)CC2c2ccccc2)CC1. The quantitative estimate of drug-likeness (QED) is 0.647. The summed E-state index contributed by atoms with van der Waals surface area (Å²) < 4.78 is 5.15. The normalized spacial score (nSPS) is 19.6. The molecule has 1 saturated heterocycles. The number of hydrogen-bond acceptors (Lipinski definition) is 5. The van der Waals surface area contributed by atoms with Gasteiger partial charge in [-0.3, -0.25) is 14.5 Å². The maximum absolute atomic E-state index is 13.3. The molecule has 0 saturated carbocycles. The molecule has 1 fully saturated rings. The largest absolute Gasteiger partial charge is 0.466 e. The molecular formula is C26H31N3O3. The number of amides is 1. The lowest BCUT2D eigenvalue weighted by atomic mass is 9.97. The fourth-order valence-corrected chi connectivity index (χ4v) is 4.45. The first-order valence-corrected chi connectivity index (χ1v) is 11.5.